The van der Waals surface area contributed by atoms with Gasteiger partial charge in [-0.1, -0.05) is 39.7 Å². The second-order valence-electron chi connectivity index (χ2n) is 4.80. The Morgan fingerprint density at radius 1 is 0.944 bits per heavy atom. The topological polar surface area (TPSA) is 12.0 Å². The lowest BCUT2D eigenvalue weighted by Crippen LogP contribution is -2.02. The van der Waals surface area contributed by atoms with E-state index in [-0.39, 0.29) is 0 Å². The van der Waals surface area contributed by atoms with Crippen molar-refractivity contribution in [3.63, 3.8) is 0 Å². The fourth-order valence-electron chi connectivity index (χ4n) is 2.03. The Labute approximate surface area is 117 Å². The smallest absolute Gasteiger partial charge is 0.0403 e. The van der Waals surface area contributed by atoms with Crippen LogP contribution < -0.4 is 5.32 Å². The third kappa shape index (κ3) is 3.36. The lowest BCUT2D eigenvalue weighted by molar-refractivity contribution is 1.11. The monoisotopic (exact) mass is 303 g/mol. The highest BCUT2D eigenvalue weighted by atomic mass is 79.9. The van der Waals surface area contributed by atoms with Gasteiger partial charge in [-0.15, -0.1) is 0 Å². The Morgan fingerprint density at radius 2 is 1.72 bits per heavy atom. The van der Waals surface area contributed by atoms with Crippen molar-refractivity contribution in [1.82, 2.24) is 0 Å². The van der Waals surface area contributed by atoms with Crippen LogP contribution in [0.3, 0.4) is 0 Å². The van der Waals surface area contributed by atoms with Crippen molar-refractivity contribution in [1.29, 1.82) is 0 Å². The Hall–Kier alpha value is -1.28. The Kier molecular flexibility index (Phi) is 4.07. The van der Waals surface area contributed by atoms with E-state index >= 15 is 0 Å². The SMILES string of the molecule is Cc1cc(Br)cc(NCc2cc(C)ccc2C)c1. The van der Waals surface area contributed by atoms with Crippen LogP contribution >= 0.6 is 15.9 Å². The summed E-state index contributed by atoms with van der Waals surface area (Å²) >= 11 is 3.53. The zero-order valence-electron chi connectivity index (χ0n) is 11.0. The molecule has 0 atom stereocenters. The van der Waals surface area contributed by atoms with Gasteiger partial charge in [0.1, 0.15) is 0 Å². The first-order valence-corrected chi connectivity index (χ1v) is 6.91. The average molecular weight is 304 g/mol. The molecule has 0 aliphatic carbocycles. The molecule has 1 nitrogen and oxygen atoms in total. The molecule has 18 heavy (non-hydrogen) atoms. The maximum absolute atomic E-state index is 3.53. The predicted octanol–water partition coefficient (Wildman–Crippen LogP) is 4.99. The van der Waals surface area contributed by atoms with Crippen molar-refractivity contribution in [2.75, 3.05) is 5.32 Å². The summed E-state index contributed by atoms with van der Waals surface area (Å²) in [6, 6.07) is 13.0. The van der Waals surface area contributed by atoms with Crippen LogP contribution in [0.4, 0.5) is 5.69 Å². The van der Waals surface area contributed by atoms with Crippen molar-refractivity contribution < 1.29 is 0 Å². The van der Waals surface area contributed by atoms with Crippen LogP contribution in [-0.4, -0.2) is 0 Å². The lowest BCUT2D eigenvalue weighted by atomic mass is 10.1. The first-order chi connectivity index (χ1) is 8.54. The van der Waals surface area contributed by atoms with Crippen LogP contribution in [0.2, 0.25) is 0 Å². The number of aryl methyl sites for hydroxylation is 3. The zero-order chi connectivity index (χ0) is 13.1. The Morgan fingerprint density at radius 3 is 2.44 bits per heavy atom. The summed E-state index contributed by atoms with van der Waals surface area (Å²) in [4.78, 5) is 0. The van der Waals surface area contributed by atoms with Gasteiger partial charge in [0.15, 0.2) is 0 Å². The second-order valence-corrected chi connectivity index (χ2v) is 5.72. The normalized spacial score (nSPS) is 10.4. The molecule has 0 unspecified atom stereocenters. The third-order valence-electron chi connectivity index (χ3n) is 3.03. The van der Waals surface area contributed by atoms with Gasteiger partial charge in [-0.05, 0) is 55.7 Å². The molecular formula is C16H18BrN. The highest BCUT2D eigenvalue weighted by Gasteiger charge is 2.00. The highest BCUT2D eigenvalue weighted by molar-refractivity contribution is 9.10. The molecule has 2 heteroatoms. The molecule has 0 amide bonds. The molecule has 94 valence electrons. The first-order valence-electron chi connectivity index (χ1n) is 6.12. The van der Waals surface area contributed by atoms with Crippen molar-refractivity contribution in [3.05, 3.63) is 63.1 Å². The van der Waals surface area contributed by atoms with Gasteiger partial charge in [0.25, 0.3) is 0 Å². The van der Waals surface area contributed by atoms with Gasteiger partial charge in [0.05, 0.1) is 0 Å². The summed E-state index contributed by atoms with van der Waals surface area (Å²) in [6.45, 7) is 7.26. The number of hydrogen-bond acceptors (Lipinski definition) is 1. The molecule has 2 aromatic carbocycles. The average Bonchev–Trinajstić information content (AvgIpc) is 2.29. The van der Waals surface area contributed by atoms with Crippen LogP contribution in [-0.2, 0) is 6.54 Å². The van der Waals surface area contributed by atoms with Crippen LogP contribution in [0.5, 0.6) is 0 Å². The number of anilines is 1. The van der Waals surface area contributed by atoms with E-state index in [9.17, 15) is 0 Å². The summed E-state index contributed by atoms with van der Waals surface area (Å²) in [5, 5.41) is 3.48. The molecule has 0 fully saturated rings. The van der Waals surface area contributed by atoms with Gasteiger partial charge in [-0.25, -0.2) is 0 Å². The summed E-state index contributed by atoms with van der Waals surface area (Å²) in [6.07, 6.45) is 0. The summed E-state index contributed by atoms with van der Waals surface area (Å²) in [7, 11) is 0. The fourth-order valence-corrected chi connectivity index (χ4v) is 2.63. The van der Waals surface area contributed by atoms with E-state index < -0.39 is 0 Å². The van der Waals surface area contributed by atoms with Gasteiger partial charge in [-0.3, -0.25) is 0 Å². The standard InChI is InChI=1S/C16H18BrN/c1-11-4-5-13(3)14(6-11)10-18-16-8-12(2)7-15(17)9-16/h4-9,18H,10H2,1-3H3. The van der Waals surface area contributed by atoms with E-state index in [1.54, 1.807) is 0 Å². The maximum atomic E-state index is 3.53. The predicted molar refractivity (Wildman–Crippen MR) is 82.1 cm³/mol. The molecule has 0 saturated carbocycles. The minimum atomic E-state index is 0.864. The number of rotatable bonds is 3. The van der Waals surface area contributed by atoms with Gasteiger partial charge < -0.3 is 5.32 Å². The van der Waals surface area contributed by atoms with E-state index in [4.69, 9.17) is 0 Å². The Balaban J connectivity index is 2.13. The number of hydrogen-bond donors (Lipinski definition) is 1. The molecule has 1 N–H and O–H groups in total. The molecule has 0 bridgehead atoms. The highest BCUT2D eigenvalue weighted by Crippen LogP contribution is 2.20. The maximum Gasteiger partial charge on any atom is 0.0403 e. The quantitative estimate of drug-likeness (QED) is 0.842. The van der Waals surface area contributed by atoms with Crippen molar-refractivity contribution in [2.45, 2.75) is 27.3 Å². The molecule has 0 aliphatic heterocycles. The molecule has 0 saturated heterocycles. The van der Waals surface area contributed by atoms with Gasteiger partial charge >= 0.3 is 0 Å². The van der Waals surface area contributed by atoms with Crippen molar-refractivity contribution in [2.24, 2.45) is 0 Å². The van der Waals surface area contributed by atoms with Crippen molar-refractivity contribution in [3.8, 4) is 0 Å². The van der Waals surface area contributed by atoms with Crippen LogP contribution in [0.15, 0.2) is 40.9 Å². The number of halogens is 1. The molecule has 0 aliphatic rings. The number of benzene rings is 2. The van der Waals surface area contributed by atoms with E-state index in [0.717, 1.165) is 16.7 Å². The van der Waals surface area contributed by atoms with Crippen LogP contribution in [0.25, 0.3) is 0 Å². The first kappa shape index (κ1) is 13.2. The summed E-state index contributed by atoms with van der Waals surface area (Å²) < 4.78 is 1.12. The second kappa shape index (κ2) is 5.57. The molecule has 2 aromatic rings. The lowest BCUT2D eigenvalue weighted by Gasteiger charge is -2.11. The fraction of sp³-hybridized carbons (Fsp3) is 0.250. The number of nitrogens with one attached hydrogen (secondary N) is 1. The third-order valence-corrected chi connectivity index (χ3v) is 3.49. The molecule has 2 rings (SSSR count). The summed E-state index contributed by atoms with van der Waals surface area (Å²) in [5.74, 6) is 0. The minimum absolute atomic E-state index is 0.864. The molecular weight excluding hydrogens is 286 g/mol. The molecule has 0 spiro atoms. The van der Waals surface area contributed by atoms with Gasteiger partial charge in [0.2, 0.25) is 0 Å². The van der Waals surface area contributed by atoms with E-state index in [2.05, 4.69) is 78.4 Å². The Bertz CT molecular complexity index is 541. The van der Waals surface area contributed by atoms with E-state index in [0.29, 0.717) is 0 Å². The largest absolute Gasteiger partial charge is 0.381 e. The van der Waals surface area contributed by atoms with Crippen LogP contribution in [0, 0.1) is 20.8 Å². The van der Waals surface area contributed by atoms with Gasteiger partial charge in [0, 0.05) is 16.7 Å². The molecule has 0 radical (unpaired) electrons. The molecule has 0 heterocycles. The van der Waals surface area contributed by atoms with E-state index in [1.165, 1.54) is 22.3 Å². The van der Waals surface area contributed by atoms with Crippen molar-refractivity contribution >= 4 is 21.6 Å². The summed E-state index contributed by atoms with van der Waals surface area (Å²) in [5.41, 5.74) is 6.41. The van der Waals surface area contributed by atoms with Crippen LogP contribution in [0.1, 0.15) is 22.3 Å². The minimum Gasteiger partial charge on any atom is -0.381 e. The van der Waals surface area contributed by atoms with Gasteiger partial charge in [-0.2, -0.15) is 0 Å². The zero-order valence-corrected chi connectivity index (χ0v) is 12.6. The van der Waals surface area contributed by atoms with E-state index in [1.807, 2.05) is 0 Å². The molecule has 0 aromatic heterocycles.